The molecule has 5 nitrogen and oxygen atoms in total. The molecule has 1 aliphatic rings. The van der Waals surface area contributed by atoms with Crippen LogP contribution in [0.4, 0.5) is 0 Å². The van der Waals surface area contributed by atoms with Gasteiger partial charge < -0.3 is 5.32 Å². The van der Waals surface area contributed by atoms with Gasteiger partial charge in [0.2, 0.25) is 5.91 Å². The van der Waals surface area contributed by atoms with E-state index in [0.29, 0.717) is 6.04 Å². The third kappa shape index (κ3) is 6.16. The standard InChI is InChI=1S/C14H10ClN3.C9H17NO/c15-12-3-1-11(2-4-12)14-13(9-17-18-14)10-5-7-16-8-6-10;1-7-3-5-9(6-4-7)10-8(2)11/h1-9H,(H,17,18);7,9H,3-6H2,1-2H3,(H,10,11). The predicted molar refractivity (Wildman–Crippen MR) is 118 cm³/mol. The molecule has 0 unspecified atom stereocenters. The molecular weight excluding hydrogens is 384 g/mol. The third-order valence-corrected chi connectivity index (χ3v) is 5.44. The number of rotatable bonds is 3. The number of pyridine rings is 1. The largest absolute Gasteiger partial charge is 0.354 e. The zero-order chi connectivity index (χ0) is 20.6. The molecule has 4 rings (SSSR count). The summed E-state index contributed by atoms with van der Waals surface area (Å²) in [7, 11) is 0. The van der Waals surface area contributed by atoms with Crippen LogP contribution < -0.4 is 5.32 Å². The molecule has 2 heterocycles. The van der Waals surface area contributed by atoms with Crippen molar-refractivity contribution in [2.75, 3.05) is 0 Å². The normalized spacial score (nSPS) is 18.4. The van der Waals surface area contributed by atoms with Gasteiger partial charge in [0.05, 0.1) is 11.9 Å². The Balaban J connectivity index is 0.000000188. The van der Waals surface area contributed by atoms with Crippen molar-refractivity contribution in [1.29, 1.82) is 0 Å². The molecule has 0 spiro atoms. The highest BCUT2D eigenvalue weighted by molar-refractivity contribution is 6.30. The monoisotopic (exact) mass is 410 g/mol. The van der Waals surface area contributed by atoms with Gasteiger partial charge in [-0.3, -0.25) is 14.9 Å². The van der Waals surface area contributed by atoms with Crippen molar-refractivity contribution in [2.24, 2.45) is 5.92 Å². The Morgan fingerprint density at radius 2 is 1.69 bits per heavy atom. The third-order valence-electron chi connectivity index (χ3n) is 5.19. The highest BCUT2D eigenvalue weighted by atomic mass is 35.5. The van der Waals surface area contributed by atoms with Crippen molar-refractivity contribution < 1.29 is 4.79 Å². The van der Waals surface area contributed by atoms with Gasteiger partial charge in [0.25, 0.3) is 0 Å². The fourth-order valence-electron chi connectivity index (χ4n) is 3.56. The van der Waals surface area contributed by atoms with Gasteiger partial charge >= 0.3 is 0 Å². The summed E-state index contributed by atoms with van der Waals surface area (Å²) in [6.45, 7) is 3.88. The second-order valence-corrected chi connectivity index (χ2v) is 8.00. The molecule has 0 saturated heterocycles. The Morgan fingerprint density at radius 1 is 1.03 bits per heavy atom. The van der Waals surface area contributed by atoms with Crippen LogP contribution in [0.2, 0.25) is 5.02 Å². The summed E-state index contributed by atoms with van der Waals surface area (Å²) in [5, 5.41) is 10.8. The summed E-state index contributed by atoms with van der Waals surface area (Å²) in [6, 6.07) is 12.1. The smallest absolute Gasteiger partial charge is 0.217 e. The molecule has 2 N–H and O–H groups in total. The number of nitrogens with zero attached hydrogens (tertiary/aromatic N) is 2. The summed E-state index contributed by atoms with van der Waals surface area (Å²) >= 11 is 5.90. The maximum Gasteiger partial charge on any atom is 0.217 e. The predicted octanol–water partition coefficient (Wildman–Crippen LogP) is 5.49. The molecule has 29 heavy (non-hydrogen) atoms. The van der Waals surface area contributed by atoms with Gasteiger partial charge in [0.1, 0.15) is 0 Å². The first-order chi connectivity index (χ1) is 14.0. The molecule has 1 saturated carbocycles. The molecule has 0 aliphatic heterocycles. The van der Waals surface area contributed by atoms with E-state index in [1.807, 2.05) is 42.6 Å². The molecule has 3 aromatic rings. The number of hydrogen-bond donors (Lipinski definition) is 2. The van der Waals surface area contributed by atoms with Crippen LogP contribution >= 0.6 is 11.6 Å². The number of carbonyl (C=O) groups excluding carboxylic acids is 1. The topological polar surface area (TPSA) is 70.7 Å². The van der Waals surface area contributed by atoms with E-state index in [4.69, 9.17) is 11.6 Å². The van der Waals surface area contributed by atoms with E-state index in [0.717, 1.165) is 33.3 Å². The minimum Gasteiger partial charge on any atom is -0.354 e. The maximum absolute atomic E-state index is 10.7. The second-order valence-electron chi connectivity index (χ2n) is 7.56. The number of carbonyl (C=O) groups is 1. The van der Waals surface area contributed by atoms with Gasteiger partial charge in [-0.25, -0.2) is 0 Å². The summed E-state index contributed by atoms with van der Waals surface area (Å²) in [6.07, 6.45) is 10.2. The lowest BCUT2D eigenvalue weighted by Crippen LogP contribution is -2.35. The maximum atomic E-state index is 10.7. The lowest BCUT2D eigenvalue weighted by Gasteiger charge is -2.26. The Morgan fingerprint density at radius 3 is 2.31 bits per heavy atom. The highest BCUT2D eigenvalue weighted by Crippen LogP contribution is 2.30. The number of nitrogens with one attached hydrogen (secondary N) is 2. The quantitative estimate of drug-likeness (QED) is 0.599. The molecular formula is C23H27ClN4O. The van der Waals surface area contributed by atoms with Gasteiger partial charge in [0, 0.05) is 41.5 Å². The summed E-state index contributed by atoms with van der Waals surface area (Å²) in [5.74, 6) is 0.976. The lowest BCUT2D eigenvalue weighted by molar-refractivity contribution is -0.119. The average Bonchev–Trinajstić information content (AvgIpc) is 3.21. The average molecular weight is 411 g/mol. The molecule has 1 fully saturated rings. The van der Waals surface area contributed by atoms with Crippen molar-refractivity contribution >= 4 is 17.5 Å². The van der Waals surface area contributed by atoms with E-state index < -0.39 is 0 Å². The molecule has 6 heteroatoms. The van der Waals surface area contributed by atoms with E-state index in [9.17, 15) is 4.79 Å². The van der Waals surface area contributed by atoms with Crippen LogP contribution in [0, 0.1) is 5.92 Å². The first-order valence-corrected chi connectivity index (χ1v) is 10.4. The van der Waals surface area contributed by atoms with Gasteiger partial charge in [-0.2, -0.15) is 5.10 Å². The Hall–Kier alpha value is -2.66. The van der Waals surface area contributed by atoms with Crippen LogP contribution in [0.15, 0.2) is 55.0 Å². The van der Waals surface area contributed by atoms with Crippen molar-refractivity contribution in [3.8, 4) is 22.4 Å². The fourth-order valence-corrected chi connectivity index (χ4v) is 3.69. The van der Waals surface area contributed by atoms with Crippen molar-refractivity contribution in [3.05, 3.63) is 60.0 Å². The van der Waals surface area contributed by atoms with Crippen molar-refractivity contribution in [2.45, 2.75) is 45.6 Å². The van der Waals surface area contributed by atoms with Gasteiger partial charge in [-0.1, -0.05) is 30.7 Å². The van der Waals surface area contributed by atoms with Crippen LogP contribution in [0.5, 0.6) is 0 Å². The molecule has 0 bridgehead atoms. The summed E-state index contributed by atoms with van der Waals surface area (Å²) in [4.78, 5) is 14.7. The number of benzene rings is 1. The minimum absolute atomic E-state index is 0.115. The lowest BCUT2D eigenvalue weighted by atomic mass is 9.87. The zero-order valence-corrected chi connectivity index (χ0v) is 17.6. The number of halogens is 1. The van der Waals surface area contributed by atoms with Crippen molar-refractivity contribution in [1.82, 2.24) is 20.5 Å². The molecule has 1 aliphatic carbocycles. The number of aromatic amines is 1. The van der Waals surface area contributed by atoms with E-state index in [1.54, 1.807) is 19.3 Å². The number of H-pyrrole nitrogens is 1. The highest BCUT2D eigenvalue weighted by Gasteiger charge is 2.18. The first kappa shape index (κ1) is 21.1. The van der Waals surface area contributed by atoms with Crippen LogP contribution in [-0.4, -0.2) is 27.1 Å². The van der Waals surface area contributed by atoms with E-state index >= 15 is 0 Å². The van der Waals surface area contributed by atoms with Crippen LogP contribution in [0.3, 0.4) is 0 Å². The SMILES string of the molecule is CC(=O)NC1CCC(C)CC1.Clc1ccc(-c2[nH]ncc2-c2ccncc2)cc1. The van der Waals surface area contributed by atoms with Crippen molar-refractivity contribution in [3.63, 3.8) is 0 Å². The number of aromatic nitrogens is 3. The molecule has 2 aromatic heterocycles. The van der Waals surface area contributed by atoms with E-state index in [-0.39, 0.29) is 5.91 Å². The zero-order valence-electron chi connectivity index (χ0n) is 16.9. The fraction of sp³-hybridized carbons (Fsp3) is 0.348. The van der Waals surface area contributed by atoms with Crippen LogP contribution in [0.1, 0.15) is 39.5 Å². The Kier molecular flexibility index (Phi) is 7.42. The number of amides is 1. The van der Waals surface area contributed by atoms with Crippen LogP contribution in [-0.2, 0) is 4.79 Å². The first-order valence-electron chi connectivity index (χ1n) is 9.99. The van der Waals surface area contributed by atoms with Gasteiger partial charge in [0.15, 0.2) is 0 Å². The Labute approximate surface area is 176 Å². The number of hydrogen-bond acceptors (Lipinski definition) is 3. The molecule has 0 radical (unpaired) electrons. The summed E-state index contributed by atoms with van der Waals surface area (Å²) < 4.78 is 0. The van der Waals surface area contributed by atoms with Crippen LogP contribution in [0.25, 0.3) is 22.4 Å². The van der Waals surface area contributed by atoms with E-state index in [1.165, 1.54) is 25.7 Å². The van der Waals surface area contributed by atoms with Gasteiger partial charge in [-0.15, -0.1) is 0 Å². The molecule has 0 atom stereocenters. The van der Waals surface area contributed by atoms with E-state index in [2.05, 4.69) is 27.4 Å². The Bertz CT molecular complexity index is 900. The molecule has 1 aromatic carbocycles. The molecule has 1 amide bonds. The summed E-state index contributed by atoms with van der Waals surface area (Å²) in [5.41, 5.74) is 4.19. The minimum atomic E-state index is 0.115. The second kappa shape index (κ2) is 10.2. The van der Waals surface area contributed by atoms with Gasteiger partial charge in [-0.05, 0) is 61.4 Å². The molecule has 152 valence electrons.